The lowest BCUT2D eigenvalue weighted by Crippen LogP contribution is -2.38. The molecule has 1 amide bonds. The Bertz CT molecular complexity index is 982. The van der Waals surface area contributed by atoms with Crippen LogP contribution >= 0.6 is 15.9 Å². The Morgan fingerprint density at radius 1 is 1.14 bits per heavy atom. The molecule has 0 unspecified atom stereocenters. The van der Waals surface area contributed by atoms with Gasteiger partial charge in [-0.3, -0.25) is 9.69 Å². The maximum absolute atomic E-state index is 12.5. The van der Waals surface area contributed by atoms with Crippen molar-refractivity contribution in [3.05, 3.63) is 64.3 Å². The van der Waals surface area contributed by atoms with Crippen molar-refractivity contribution in [2.75, 3.05) is 39.5 Å². The predicted molar refractivity (Wildman–Crippen MR) is 114 cm³/mol. The standard InChI is InChI=1S/C22H23BrN2O4/c23-19-6-2-4-17-14-20(29-21(17)19)22(26)24-15-16-3-1-5-18(13-16)28-12-9-25-7-10-27-11-8-25/h1-6,13-14H,7-12,15H2,(H,24,26). The molecular formula is C22H23BrN2O4. The summed E-state index contributed by atoms with van der Waals surface area (Å²) in [6, 6.07) is 15.2. The molecule has 1 N–H and O–H groups in total. The van der Waals surface area contributed by atoms with Crippen molar-refractivity contribution < 1.29 is 18.7 Å². The van der Waals surface area contributed by atoms with E-state index in [0.29, 0.717) is 24.5 Å². The number of fused-ring (bicyclic) bond motifs is 1. The first-order valence-electron chi connectivity index (χ1n) is 9.67. The van der Waals surface area contributed by atoms with E-state index in [1.54, 1.807) is 6.07 Å². The number of hydrogen-bond donors (Lipinski definition) is 1. The van der Waals surface area contributed by atoms with Gasteiger partial charge in [0.2, 0.25) is 0 Å². The lowest BCUT2D eigenvalue weighted by molar-refractivity contribution is 0.0322. The van der Waals surface area contributed by atoms with E-state index in [-0.39, 0.29) is 5.91 Å². The molecule has 0 bridgehead atoms. The fourth-order valence-electron chi connectivity index (χ4n) is 3.27. The second kappa shape index (κ2) is 9.43. The number of benzene rings is 2. The van der Waals surface area contributed by atoms with Gasteiger partial charge in [0.15, 0.2) is 5.76 Å². The average molecular weight is 459 g/mol. The molecule has 6 nitrogen and oxygen atoms in total. The number of ether oxygens (including phenoxy) is 2. The molecule has 2 aromatic carbocycles. The van der Waals surface area contributed by atoms with Crippen LogP contribution in [0.15, 0.2) is 57.4 Å². The molecule has 152 valence electrons. The summed E-state index contributed by atoms with van der Waals surface area (Å²) in [7, 11) is 0. The van der Waals surface area contributed by atoms with Crippen molar-refractivity contribution in [2.45, 2.75) is 6.54 Å². The molecule has 0 saturated carbocycles. The first-order valence-corrected chi connectivity index (χ1v) is 10.5. The Hall–Kier alpha value is -2.35. The minimum Gasteiger partial charge on any atom is -0.492 e. The number of para-hydroxylation sites is 1. The highest BCUT2D eigenvalue weighted by atomic mass is 79.9. The number of morpholine rings is 1. The third kappa shape index (κ3) is 5.18. The van der Waals surface area contributed by atoms with Crippen LogP contribution < -0.4 is 10.1 Å². The Morgan fingerprint density at radius 3 is 2.79 bits per heavy atom. The third-order valence-corrected chi connectivity index (χ3v) is 5.48. The minimum atomic E-state index is -0.244. The van der Waals surface area contributed by atoms with Crippen molar-refractivity contribution in [2.24, 2.45) is 0 Å². The highest BCUT2D eigenvalue weighted by Crippen LogP contribution is 2.27. The number of halogens is 1. The van der Waals surface area contributed by atoms with Gasteiger partial charge in [0.25, 0.3) is 5.91 Å². The van der Waals surface area contributed by atoms with Crippen molar-refractivity contribution in [1.29, 1.82) is 0 Å². The van der Waals surface area contributed by atoms with Crippen LogP contribution in [-0.2, 0) is 11.3 Å². The van der Waals surface area contributed by atoms with Crippen LogP contribution in [0.5, 0.6) is 5.75 Å². The van der Waals surface area contributed by atoms with Crippen molar-refractivity contribution in [3.8, 4) is 5.75 Å². The molecule has 1 aliphatic heterocycles. The second-order valence-corrected chi connectivity index (χ2v) is 7.76. The quantitative estimate of drug-likeness (QED) is 0.582. The van der Waals surface area contributed by atoms with Gasteiger partial charge in [0.1, 0.15) is 17.9 Å². The van der Waals surface area contributed by atoms with E-state index in [4.69, 9.17) is 13.9 Å². The number of carbonyl (C=O) groups excluding carboxylic acids is 1. The number of furan rings is 1. The normalized spacial score (nSPS) is 14.8. The summed E-state index contributed by atoms with van der Waals surface area (Å²) in [6.45, 7) is 5.39. The summed E-state index contributed by atoms with van der Waals surface area (Å²) in [6.07, 6.45) is 0. The van der Waals surface area contributed by atoms with Gasteiger partial charge in [-0.2, -0.15) is 0 Å². The van der Waals surface area contributed by atoms with Gasteiger partial charge in [-0.15, -0.1) is 0 Å². The van der Waals surface area contributed by atoms with Gasteiger partial charge in [0.05, 0.1) is 17.7 Å². The monoisotopic (exact) mass is 458 g/mol. The zero-order chi connectivity index (χ0) is 20.1. The summed E-state index contributed by atoms with van der Waals surface area (Å²) < 4.78 is 17.7. The van der Waals surface area contributed by atoms with Crippen LogP contribution in [0.3, 0.4) is 0 Å². The van der Waals surface area contributed by atoms with Gasteiger partial charge in [-0.25, -0.2) is 0 Å². The third-order valence-electron chi connectivity index (χ3n) is 4.85. The first kappa shape index (κ1) is 19.9. The predicted octanol–water partition coefficient (Wildman–Crippen LogP) is 3.84. The number of nitrogens with zero attached hydrogens (tertiary/aromatic N) is 1. The topological polar surface area (TPSA) is 63.9 Å². The summed E-state index contributed by atoms with van der Waals surface area (Å²) in [5.74, 6) is 0.856. The van der Waals surface area contributed by atoms with E-state index in [0.717, 1.165) is 54.0 Å². The number of hydrogen-bond acceptors (Lipinski definition) is 5. The molecule has 1 saturated heterocycles. The van der Waals surface area contributed by atoms with Crippen LogP contribution in [0.1, 0.15) is 16.1 Å². The molecular weight excluding hydrogens is 436 g/mol. The number of nitrogens with one attached hydrogen (secondary N) is 1. The molecule has 4 rings (SSSR count). The van der Waals surface area contributed by atoms with Gasteiger partial charge in [-0.1, -0.05) is 24.3 Å². The van der Waals surface area contributed by atoms with E-state index in [9.17, 15) is 4.79 Å². The van der Waals surface area contributed by atoms with Crippen LogP contribution in [0.2, 0.25) is 0 Å². The van der Waals surface area contributed by atoms with Crippen molar-refractivity contribution in [3.63, 3.8) is 0 Å². The van der Waals surface area contributed by atoms with E-state index in [1.165, 1.54) is 0 Å². The van der Waals surface area contributed by atoms with Crippen molar-refractivity contribution >= 4 is 32.8 Å². The van der Waals surface area contributed by atoms with Crippen LogP contribution in [0, 0.1) is 0 Å². The summed E-state index contributed by atoms with van der Waals surface area (Å²) >= 11 is 3.44. The minimum absolute atomic E-state index is 0.244. The van der Waals surface area contributed by atoms with Crippen LogP contribution in [0.4, 0.5) is 0 Å². The lowest BCUT2D eigenvalue weighted by Gasteiger charge is -2.26. The Morgan fingerprint density at radius 2 is 1.97 bits per heavy atom. The molecule has 0 radical (unpaired) electrons. The first-order chi connectivity index (χ1) is 14.2. The van der Waals surface area contributed by atoms with Gasteiger partial charge >= 0.3 is 0 Å². The SMILES string of the molecule is O=C(NCc1cccc(OCCN2CCOCC2)c1)c1cc2cccc(Br)c2o1. The molecule has 0 aliphatic carbocycles. The summed E-state index contributed by atoms with van der Waals surface area (Å²) in [4.78, 5) is 14.8. The highest BCUT2D eigenvalue weighted by molar-refractivity contribution is 9.10. The largest absolute Gasteiger partial charge is 0.492 e. The maximum atomic E-state index is 12.5. The summed E-state index contributed by atoms with van der Waals surface area (Å²) in [5, 5.41) is 3.79. The number of rotatable bonds is 7. The van der Waals surface area contributed by atoms with E-state index in [2.05, 4.69) is 26.1 Å². The van der Waals surface area contributed by atoms with Gasteiger partial charge < -0.3 is 19.2 Å². The molecule has 1 fully saturated rings. The average Bonchev–Trinajstić information content (AvgIpc) is 3.19. The summed E-state index contributed by atoms with van der Waals surface area (Å²) in [5.41, 5.74) is 1.65. The Labute approximate surface area is 177 Å². The van der Waals surface area contributed by atoms with Gasteiger partial charge in [-0.05, 0) is 45.8 Å². The fraction of sp³-hybridized carbons (Fsp3) is 0.318. The van der Waals surface area contributed by atoms with E-state index in [1.807, 2.05) is 42.5 Å². The zero-order valence-corrected chi connectivity index (χ0v) is 17.6. The smallest absolute Gasteiger partial charge is 0.287 e. The molecule has 0 spiro atoms. The lowest BCUT2D eigenvalue weighted by atomic mass is 10.2. The van der Waals surface area contributed by atoms with E-state index >= 15 is 0 Å². The Kier molecular flexibility index (Phi) is 6.49. The molecule has 1 aromatic heterocycles. The molecule has 0 atom stereocenters. The second-order valence-electron chi connectivity index (χ2n) is 6.90. The molecule has 29 heavy (non-hydrogen) atoms. The zero-order valence-electron chi connectivity index (χ0n) is 16.0. The highest BCUT2D eigenvalue weighted by Gasteiger charge is 2.14. The molecule has 2 heterocycles. The molecule has 7 heteroatoms. The molecule has 3 aromatic rings. The molecule has 1 aliphatic rings. The van der Waals surface area contributed by atoms with Crippen LogP contribution in [-0.4, -0.2) is 50.3 Å². The number of amides is 1. The van der Waals surface area contributed by atoms with E-state index < -0.39 is 0 Å². The van der Waals surface area contributed by atoms with Crippen LogP contribution in [0.25, 0.3) is 11.0 Å². The number of carbonyl (C=O) groups is 1. The fourth-order valence-corrected chi connectivity index (χ4v) is 3.73. The maximum Gasteiger partial charge on any atom is 0.287 e. The Balaban J connectivity index is 1.30. The van der Waals surface area contributed by atoms with Crippen molar-refractivity contribution in [1.82, 2.24) is 10.2 Å². The van der Waals surface area contributed by atoms with Gasteiger partial charge in [0, 0.05) is 31.6 Å².